The quantitative estimate of drug-likeness (QED) is 0.630. The molecular weight excluding hydrogens is 148 g/mol. The molecule has 2 unspecified atom stereocenters. The van der Waals surface area contributed by atoms with Crippen LogP contribution in [-0.4, -0.2) is 37.6 Å². The van der Waals surface area contributed by atoms with Crippen LogP contribution in [0.2, 0.25) is 0 Å². The fourth-order valence-electron chi connectivity index (χ4n) is 3.06. The molecule has 2 nitrogen and oxygen atoms in total. The Bertz CT molecular complexity index is 169. The molecule has 2 heteroatoms. The fraction of sp³-hybridized carbons (Fsp3) is 1.00. The van der Waals surface area contributed by atoms with E-state index in [4.69, 9.17) is 0 Å². The van der Waals surface area contributed by atoms with Crippen molar-refractivity contribution in [1.82, 2.24) is 10.2 Å². The Morgan fingerprint density at radius 1 is 1.50 bits per heavy atom. The largest absolute Gasteiger partial charge is 0.313 e. The maximum atomic E-state index is 3.63. The van der Waals surface area contributed by atoms with E-state index >= 15 is 0 Å². The molecule has 0 aliphatic carbocycles. The van der Waals surface area contributed by atoms with Crippen LogP contribution in [0.25, 0.3) is 0 Å². The van der Waals surface area contributed by atoms with Crippen molar-refractivity contribution in [2.75, 3.05) is 26.7 Å². The third-order valence-corrected chi connectivity index (χ3v) is 3.74. The molecule has 0 aromatic carbocycles. The van der Waals surface area contributed by atoms with Crippen LogP contribution >= 0.6 is 0 Å². The first-order valence-corrected chi connectivity index (χ1v) is 5.19. The van der Waals surface area contributed by atoms with Crippen molar-refractivity contribution < 1.29 is 0 Å². The Hall–Kier alpha value is -0.0800. The number of likely N-dealkylation sites (tertiary alicyclic amines) is 1. The van der Waals surface area contributed by atoms with Gasteiger partial charge in [0.2, 0.25) is 0 Å². The minimum Gasteiger partial charge on any atom is -0.313 e. The van der Waals surface area contributed by atoms with E-state index in [2.05, 4.69) is 24.2 Å². The van der Waals surface area contributed by atoms with Crippen LogP contribution in [0, 0.1) is 5.41 Å². The second-order valence-electron chi connectivity index (χ2n) is 4.52. The number of hydrogen-bond acceptors (Lipinski definition) is 2. The van der Waals surface area contributed by atoms with E-state index in [-0.39, 0.29) is 0 Å². The second-order valence-corrected chi connectivity index (χ2v) is 4.52. The zero-order chi connectivity index (χ0) is 8.60. The van der Waals surface area contributed by atoms with Crippen LogP contribution in [0.4, 0.5) is 0 Å². The molecule has 1 N–H and O–H groups in total. The lowest BCUT2D eigenvalue weighted by Crippen LogP contribution is -2.37. The molecule has 0 aromatic rings. The zero-order valence-corrected chi connectivity index (χ0v) is 8.27. The van der Waals surface area contributed by atoms with Gasteiger partial charge in [-0.3, -0.25) is 0 Å². The molecule has 12 heavy (non-hydrogen) atoms. The van der Waals surface area contributed by atoms with Crippen LogP contribution < -0.4 is 5.32 Å². The maximum absolute atomic E-state index is 3.63. The third-order valence-electron chi connectivity index (χ3n) is 3.74. The number of nitrogens with one attached hydrogen (secondary N) is 1. The van der Waals surface area contributed by atoms with Crippen LogP contribution in [0.15, 0.2) is 0 Å². The van der Waals surface area contributed by atoms with Crippen molar-refractivity contribution in [3.8, 4) is 0 Å². The highest BCUT2D eigenvalue weighted by Gasteiger charge is 2.45. The Balaban J connectivity index is 2.09. The molecule has 2 aliphatic heterocycles. The van der Waals surface area contributed by atoms with E-state index in [0.717, 1.165) is 6.04 Å². The first-order chi connectivity index (χ1) is 5.77. The van der Waals surface area contributed by atoms with Gasteiger partial charge in [-0.1, -0.05) is 6.92 Å². The summed E-state index contributed by atoms with van der Waals surface area (Å²) in [5.41, 5.74) is 0.642. The number of nitrogens with zero attached hydrogens (tertiary/aromatic N) is 1. The summed E-state index contributed by atoms with van der Waals surface area (Å²) in [6.45, 7) is 6.17. The van der Waals surface area contributed by atoms with Gasteiger partial charge in [0, 0.05) is 18.0 Å². The Morgan fingerprint density at radius 2 is 2.33 bits per heavy atom. The van der Waals surface area contributed by atoms with Crippen molar-refractivity contribution in [2.24, 2.45) is 5.41 Å². The smallest absolute Gasteiger partial charge is 0.0134 e. The molecule has 0 radical (unpaired) electrons. The minimum absolute atomic E-state index is 0.642. The average Bonchev–Trinajstić information content (AvgIpc) is 2.60. The van der Waals surface area contributed by atoms with Gasteiger partial charge in [0.15, 0.2) is 0 Å². The van der Waals surface area contributed by atoms with E-state index < -0.39 is 0 Å². The summed E-state index contributed by atoms with van der Waals surface area (Å²) in [5, 5.41) is 3.63. The lowest BCUT2D eigenvalue weighted by Gasteiger charge is -2.29. The molecule has 0 bridgehead atoms. The number of rotatable bonds is 1. The van der Waals surface area contributed by atoms with Gasteiger partial charge >= 0.3 is 0 Å². The predicted octanol–water partition coefficient (Wildman–Crippen LogP) is 1.08. The summed E-state index contributed by atoms with van der Waals surface area (Å²) in [7, 11) is 2.25. The summed E-state index contributed by atoms with van der Waals surface area (Å²) in [6, 6.07) is 0.794. The summed E-state index contributed by atoms with van der Waals surface area (Å²) in [6.07, 6.45) is 4.11. The van der Waals surface area contributed by atoms with E-state index in [0.29, 0.717) is 5.41 Å². The Labute approximate surface area is 75.3 Å². The number of hydrogen-bond donors (Lipinski definition) is 1. The van der Waals surface area contributed by atoms with E-state index in [1.807, 2.05) is 0 Å². The fourth-order valence-corrected chi connectivity index (χ4v) is 3.06. The Morgan fingerprint density at radius 3 is 2.92 bits per heavy atom. The van der Waals surface area contributed by atoms with Gasteiger partial charge in [-0.25, -0.2) is 0 Å². The monoisotopic (exact) mass is 168 g/mol. The van der Waals surface area contributed by atoms with Gasteiger partial charge in [-0.05, 0) is 39.4 Å². The lowest BCUT2D eigenvalue weighted by molar-refractivity contribution is 0.243. The first kappa shape index (κ1) is 8.52. The molecule has 2 atom stereocenters. The average molecular weight is 168 g/mol. The maximum Gasteiger partial charge on any atom is 0.0134 e. The normalized spacial score (nSPS) is 43.0. The third kappa shape index (κ3) is 1.17. The molecule has 2 fully saturated rings. The molecule has 0 saturated carbocycles. The molecule has 1 spiro atoms. The molecule has 0 aromatic heterocycles. The summed E-state index contributed by atoms with van der Waals surface area (Å²) in [4.78, 5) is 2.48. The summed E-state index contributed by atoms with van der Waals surface area (Å²) < 4.78 is 0. The highest BCUT2D eigenvalue weighted by atomic mass is 15.2. The van der Waals surface area contributed by atoms with Gasteiger partial charge in [-0.2, -0.15) is 0 Å². The van der Waals surface area contributed by atoms with Crippen molar-refractivity contribution in [3.05, 3.63) is 0 Å². The van der Waals surface area contributed by atoms with Gasteiger partial charge in [-0.15, -0.1) is 0 Å². The lowest BCUT2D eigenvalue weighted by atomic mass is 9.78. The molecule has 2 aliphatic rings. The van der Waals surface area contributed by atoms with E-state index in [1.165, 1.54) is 38.9 Å². The zero-order valence-electron chi connectivity index (χ0n) is 8.27. The van der Waals surface area contributed by atoms with Gasteiger partial charge in [0.1, 0.15) is 0 Å². The van der Waals surface area contributed by atoms with Gasteiger partial charge in [0.05, 0.1) is 0 Å². The minimum atomic E-state index is 0.642. The molecule has 2 saturated heterocycles. The van der Waals surface area contributed by atoms with Crippen molar-refractivity contribution in [3.63, 3.8) is 0 Å². The standard InChI is InChI=1S/C10H20N2/c1-3-9-10(4-6-11-9)5-7-12(2)8-10/h9,11H,3-8H2,1-2H3. The molecule has 2 rings (SSSR count). The molecule has 2 heterocycles. The highest BCUT2D eigenvalue weighted by Crippen LogP contribution is 2.40. The molecule has 0 amide bonds. The van der Waals surface area contributed by atoms with Gasteiger partial charge in [0.25, 0.3) is 0 Å². The van der Waals surface area contributed by atoms with Gasteiger partial charge < -0.3 is 10.2 Å². The van der Waals surface area contributed by atoms with Crippen LogP contribution in [0.5, 0.6) is 0 Å². The summed E-state index contributed by atoms with van der Waals surface area (Å²) in [5.74, 6) is 0. The van der Waals surface area contributed by atoms with Crippen LogP contribution in [-0.2, 0) is 0 Å². The SMILES string of the molecule is CCC1NCCC12CCN(C)C2. The van der Waals surface area contributed by atoms with E-state index in [9.17, 15) is 0 Å². The van der Waals surface area contributed by atoms with Crippen molar-refractivity contribution in [1.29, 1.82) is 0 Å². The Kier molecular flexibility index (Phi) is 2.13. The first-order valence-electron chi connectivity index (χ1n) is 5.19. The van der Waals surface area contributed by atoms with Crippen molar-refractivity contribution in [2.45, 2.75) is 32.2 Å². The molecule has 70 valence electrons. The van der Waals surface area contributed by atoms with Crippen LogP contribution in [0.1, 0.15) is 26.2 Å². The predicted molar refractivity (Wildman–Crippen MR) is 51.2 cm³/mol. The van der Waals surface area contributed by atoms with Crippen LogP contribution in [0.3, 0.4) is 0 Å². The molecular formula is C10H20N2. The van der Waals surface area contributed by atoms with Crippen molar-refractivity contribution >= 4 is 0 Å². The van der Waals surface area contributed by atoms with E-state index in [1.54, 1.807) is 0 Å². The topological polar surface area (TPSA) is 15.3 Å². The highest BCUT2D eigenvalue weighted by molar-refractivity contribution is 5.01. The summed E-state index contributed by atoms with van der Waals surface area (Å²) >= 11 is 0. The second kappa shape index (κ2) is 3.00.